The summed E-state index contributed by atoms with van der Waals surface area (Å²) in [6, 6.07) is 4.04. The molecule has 0 aliphatic heterocycles. The molecule has 0 saturated heterocycles. The Morgan fingerprint density at radius 3 is 2.38 bits per heavy atom. The van der Waals surface area contributed by atoms with Gasteiger partial charge in [-0.15, -0.1) is 25.6 Å². The molecule has 2 N–H and O–H groups in total. The van der Waals surface area contributed by atoms with E-state index in [-0.39, 0.29) is 24.1 Å². The van der Waals surface area contributed by atoms with Crippen LogP contribution in [-0.4, -0.2) is 6.36 Å². The molecule has 0 aromatic heterocycles. The van der Waals surface area contributed by atoms with Crippen molar-refractivity contribution < 1.29 is 17.9 Å². The Labute approximate surface area is 136 Å². The lowest BCUT2D eigenvalue weighted by atomic mass is 9.81. The lowest BCUT2D eigenvalue weighted by Gasteiger charge is -2.29. The molecule has 1 saturated carbocycles. The van der Waals surface area contributed by atoms with Crippen LogP contribution < -0.4 is 10.5 Å². The average molecular weight is 389 g/mol. The zero-order valence-corrected chi connectivity index (χ0v) is 13.7. The number of ether oxygens (including phenoxy) is 1. The fraction of sp³-hybridized carbons (Fsp3) is 0.571. The number of hydrogen-bond donors (Lipinski definition) is 1. The number of nitrogens with two attached hydrogens (primary N) is 1. The molecule has 0 bridgehead atoms. The minimum absolute atomic E-state index is 0. The second-order valence-electron chi connectivity index (χ2n) is 5.15. The standard InChI is InChI=1S/C14H17BrF3NO.ClH/c15-10-6-7-12(20-14(16,17)18)11(8-10)13(19)9-4-2-1-3-5-9;/h6-9,13H,1-5,19H2;1H/t13-;/m1./s1. The molecule has 7 heteroatoms. The fourth-order valence-corrected chi connectivity index (χ4v) is 3.12. The maximum absolute atomic E-state index is 12.5. The van der Waals surface area contributed by atoms with E-state index in [0.717, 1.165) is 25.7 Å². The molecule has 0 unspecified atom stereocenters. The van der Waals surface area contributed by atoms with Crippen molar-refractivity contribution in [3.63, 3.8) is 0 Å². The molecule has 1 atom stereocenters. The summed E-state index contributed by atoms with van der Waals surface area (Å²) in [6.07, 6.45) is 0.560. The van der Waals surface area contributed by atoms with Crippen molar-refractivity contribution in [2.24, 2.45) is 11.7 Å². The van der Waals surface area contributed by atoms with E-state index in [1.807, 2.05) is 0 Å². The van der Waals surface area contributed by atoms with E-state index in [1.165, 1.54) is 18.6 Å². The summed E-state index contributed by atoms with van der Waals surface area (Å²) in [6.45, 7) is 0. The van der Waals surface area contributed by atoms with Gasteiger partial charge in [-0.05, 0) is 37.0 Å². The van der Waals surface area contributed by atoms with Gasteiger partial charge in [0.25, 0.3) is 0 Å². The Kier molecular flexibility index (Phi) is 6.81. The van der Waals surface area contributed by atoms with Crippen molar-refractivity contribution in [3.8, 4) is 5.75 Å². The quantitative estimate of drug-likeness (QED) is 0.757. The summed E-state index contributed by atoms with van der Waals surface area (Å²) in [7, 11) is 0. The topological polar surface area (TPSA) is 35.2 Å². The maximum Gasteiger partial charge on any atom is 0.573 e. The Bertz CT molecular complexity index is 464. The molecule has 1 aromatic rings. The van der Waals surface area contributed by atoms with Crippen LogP contribution in [0, 0.1) is 5.92 Å². The third kappa shape index (κ3) is 5.34. The van der Waals surface area contributed by atoms with E-state index < -0.39 is 12.4 Å². The summed E-state index contributed by atoms with van der Waals surface area (Å²) >= 11 is 3.28. The predicted molar refractivity (Wildman–Crippen MR) is 81.6 cm³/mol. The first-order valence-corrected chi connectivity index (χ1v) is 7.47. The zero-order valence-electron chi connectivity index (χ0n) is 11.3. The molecule has 0 amide bonds. The van der Waals surface area contributed by atoms with Gasteiger partial charge in [-0.1, -0.05) is 35.2 Å². The highest BCUT2D eigenvalue weighted by Gasteiger charge is 2.34. The lowest BCUT2D eigenvalue weighted by Crippen LogP contribution is -2.26. The first kappa shape index (κ1) is 18.6. The van der Waals surface area contributed by atoms with Crippen molar-refractivity contribution in [2.75, 3.05) is 0 Å². The molecule has 0 heterocycles. The van der Waals surface area contributed by atoms with Crippen LogP contribution in [0.25, 0.3) is 0 Å². The molecule has 120 valence electrons. The van der Waals surface area contributed by atoms with Crippen LogP contribution in [0.2, 0.25) is 0 Å². The average Bonchev–Trinajstić information content (AvgIpc) is 2.39. The van der Waals surface area contributed by atoms with Crippen LogP contribution in [0.4, 0.5) is 13.2 Å². The first-order chi connectivity index (χ1) is 9.37. The molecule has 21 heavy (non-hydrogen) atoms. The van der Waals surface area contributed by atoms with Crippen LogP contribution in [-0.2, 0) is 0 Å². The number of alkyl halides is 3. The largest absolute Gasteiger partial charge is 0.573 e. The van der Waals surface area contributed by atoms with Gasteiger partial charge in [0.15, 0.2) is 0 Å². The SMILES string of the molecule is Cl.N[C@@H](c1cc(Br)ccc1OC(F)(F)F)C1CCCCC1. The number of hydrogen-bond acceptors (Lipinski definition) is 2. The molecule has 1 aliphatic rings. The monoisotopic (exact) mass is 387 g/mol. The molecule has 2 nitrogen and oxygen atoms in total. The van der Waals surface area contributed by atoms with Gasteiger partial charge in [-0.25, -0.2) is 0 Å². The summed E-state index contributed by atoms with van der Waals surface area (Å²) in [5.41, 5.74) is 6.61. The number of rotatable bonds is 3. The van der Waals surface area contributed by atoms with Gasteiger partial charge in [0.2, 0.25) is 0 Å². The van der Waals surface area contributed by atoms with Gasteiger partial charge in [0.05, 0.1) is 0 Å². The predicted octanol–water partition coefficient (Wildman–Crippen LogP) is 5.35. The van der Waals surface area contributed by atoms with Crippen molar-refractivity contribution >= 4 is 28.3 Å². The van der Waals surface area contributed by atoms with Gasteiger partial charge in [0, 0.05) is 16.1 Å². The normalized spacial score (nSPS) is 18.0. The van der Waals surface area contributed by atoms with E-state index in [0.29, 0.717) is 10.0 Å². The molecule has 1 aromatic carbocycles. The molecular formula is C14H18BrClF3NO. The molecule has 0 spiro atoms. The Hall–Kier alpha value is -0.460. The third-order valence-corrected chi connectivity index (χ3v) is 4.21. The minimum atomic E-state index is -4.70. The summed E-state index contributed by atoms with van der Waals surface area (Å²) in [4.78, 5) is 0. The van der Waals surface area contributed by atoms with Gasteiger partial charge in [-0.3, -0.25) is 0 Å². The Morgan fingerprint density at radius 1 is 1.19 bits per heavy atom. The molecule has 0 radical (unpaired) electrons. The summed E-state index contributed by atoms with van der Waals surface area (Å²) in [5.74, 6) is 0.0207. The summed E-state index contributed by atoms with van der Waals surface area (Å²) in [5, 5.41) is 0. The third-order valence-electron chi connectivity index (χ3n) is 3.71. The van der Waals surface area contributed by atoms with E-state index in [2.05, 4.69) is 20.7 Å². The summed E-state index contributed by atoms with van der Waals surface area (Å²) < 4.78 is 42.2. The number of halogens is 5. The lowest BCUT2D eigenvalue weighted by molar-refractivity contribution is -0.275. The van der Waals surface area contributed by atoms with Gasteiger partial charge < -0.3 is 10.5 Å². The van der Waals surface area contributed by atoms with Gasteiger partial charge in [0.1, 0.15) is 5.75 Å². The molecular weight excluding hydrogens is 371 g/mol. The van der Waals surface area contributed by atoms with Crippen LogP contribution in [0.3, 0.4) is 0 Å². The highest BCUT2D eigenvalue weighted by molar-refractivity contribution is 9.10. The minimum Gasteiger partial charge on any atom is -0.405 e. The second-order valence-corrected chi connectivity index (χ2v) is 6.07. The Balaban J connectivity index is 0.00000220. The highest BCUT2D eigenvalue weighted by Crippen LogP contribution is 2.39. The molecule has 1 fully saturated rings. The van der Waals surface area contributed by atoms with E-state index >= 15 is 0 Å². The van der Waals surface area contributed by atoms with Gasteiger partial charge in [-0.2, -0.15) is 0 Å². The van der Waals surface area contributed by atoms with Crippen molar-refractivity contribution in [3.05, 3.63) is 28.2 Å². The van der Waals surface area contributed by atoms with Crippen LogP contribution >= 0.6 is 28.3 Å². The molecule has 2 rings (SSSR count). The van der Waals surface area contributed by atoms with Crippen LogP contribution in [0.5, 0.6) is 5.75 Å². The second kappa shape index (κ2) is 7.70. The molecule has 1 aliphatic carbocycles. The highest BCUT2D eigenvalue weighted by atomic mass is 79.9. The van der Waals surface area contributed by atoms with Crippen molar-refractivity contribution in [1.82, 2.24) is 0 Å². The van der Waals surface area contributed by atoms with Gasteiger partial charge >= 0.3 is 6.36 Å². The first-order valence-electron chi connectivity index (χ1n) is 6.67. The van der Waals surface area contributed by atoms with Crippen LogP contribution in [0.15, 0.2) is 22.7 Å². The smallest absolute Gasteiger partial charge is 0.405 e. The zero-order chi connectivity index (χ0) is 14.8. The fourth-order valence-electron chi connectivity index (χ4n) is 2.74. The van der Waals surface area contributed by atoms with Crippen LogP contribution in [0.1, 0.15) is 43.7 Å². The van der Waals surface area contributed by atoms with E-state index in [9.17, 15) is 13.2 Å². The van der Waals surface area contributed by atoms with E-state index in [1.54, 1.807) is 6.07 Å². The maximum atomic E-state index is 12.5. The van der Waals surface area contributed by atoms with E-state index in [4.69, 9.17) is 5.73 Å². The van der Waals surface area contributed by atoms with Crippen molar-refractivity contribution in [2.45, 2.75) is 44.5 Å². The Morgan fingerprint density at radius 2 is 1.81 bits per heavy atom. The number of benzene rings is 1. The van der Waals surface area contributed by atoms with Crippen molar-refractivity contribution in [1.29, 1.82) is 0 Å².